The molecule has 0 amide bonds. The van der Waals surface area contributed by atoms with Gasteiger partial charge in [0.15, 0.2) is 0 Å². The van der Waals surface area contributed by atoms with Gasteiger partial charge in [-0.25, -0.2) is 0 Å². The van der Waals surface area contributed by atoms with E-state index in [-0.39, 0.29) is 10.8 Å². The zero-order valence-corrected chi connectivity index (χ0v) is 12.8. The lowest BCUT2D eigenvalue weighted by atomic mass is 9.82. The zero-order chi connectivity index (χ0) is 14.0. The van der Waals surface area contributed by atoms with E-state index in [0.29, 0.717) is 0 Å². The van der Waals surface area contributed by atoms with Crippen LogP contribution in [0.1, 0.15) is 38.1 Å². The van der Waals surface area contributed by atoms with Gasteiger partial charge >= 0.3 is 0 Å². The summed E-state index contributed by atoms with van der Waals surface area (Å²) < 4.78 is 5.25. The fourth-order valence-electron chi connectivity index (χ4n) is 2.16. The first kappa shape index (κ1) is 14.2. The lowest BCUT2D eigenvalue weighted by Gasteiger charge is -2.29. The third-order valence-corrected chi connectivity index (χ3v) is 4.80. The average molecular weight is 277 g/mol. The van der Waals surface area contributed by atoms with E-state index in [4.69, 9.17) is 16.3 Å². The van der Waals surface area contributed by atoms with Crippen LogP contribution in [-0.4, -0.2) is 7.11 Å². The predicted molar refractivity (Wildman–Crippen MR) is 83.2 cm³/mol. The van der Waals surface area contributed by atoms with Crippen molar-refractivity contribution in [3.8, 4) is 5.75 Å². The molecule has 0 spiro atoms. The van der Waals surface area contributed by atoms with Crippen molar-refractivity contribution in [2.45, 2.75) is 32.6 Å². The number of rotatable bonds is 4. The third kappa shape index (κ3) is 2.87. The molecule has 0 aliphatic heterocycles. The molecule has 0 aliphatic rings. The molecular weight excluding hydrogens is 256 g/mol. The molecule has 2 heteroatoms. The maximum absolute atomic E-state index is 6.63. The van der Waals surface area contributed by atoms with Crippen LogP contribution < -0.4 is 4.74 Å². The minimum absolute atomic E-state index is 0.0315. The summed E-state index contributed by atoms with van der Waals surface area (Å²) in [5.41, 5.74) is 1.29. The largest absolute Gasteiger partial charge is 0.497 e. The second-order valence-electron chi connectivity index (χ2n) is 5.68. The molecule has 0 N–H and O–H groups in total. The average Bonchev–Trinajstić information content (AvgIpc) is 2.45. The number of ether oxygens (including phenoxy) is 1. The molecule has 0 saturated heterocycles. The molecule has 1 atom stereocenters. The van der Waals surface area contributed by atoms with E-state index < -0.39 is 0 Å². The maximum atomic E-state index is 6.63. The van der Waals surface area contributed by atoms with E-state index >= 15 is 0 Å². The van der Waals surface area contributed by atoms with Crippen molar-refractivity contribution in [2.24, 2.45) is 5.41 Å². The maximum Gasteiger partial charge on any atom is 0.119 e. The van der Waals surface area contributed by atoms with Gasteiger partial charge in [-0.1, -0.05) is 39.0 Å². The highest BCUT2D eigenvalue weighted by Crippen LogP contribution is 2.42. The summed E-state index contributed by atoms with van der Waals surface area (Å²) in [6, 6.07) is 12.5. The van der Waals surface area contributed by atoms with E-state index in [1.165, 1.54) is 16.3 Å². The summed E-state index contributed by atoms with van der Waals surface area (Å²) in [6.07, 6.45) is 1.06. The Morgan fingerprint density at radius 3 is 2.37 bits per heavy atom. The summed E-state index contributed by atoms with van der Waals surface area (Å²) in [6.45, 7) is 6.60. The SMILES string of the molecule is CCC(C)(C)C(Cl)c1ccc2cc(OC)ccc2c1. The van der Waals surface area contributed by atoms with Crippen molar-refractivity contribution in [1.29, 1.82) is 0 Å². The van der Waals surface area contributed by atoms with E-state index in [9.17, 15) is 0 Å². The number of alkyl halides is 1. The summed E-state index contributed by atoms with van der Waals surface area (Å²) in [5, 5.41) is 2.42. The molecule has 0 saturated carbocycles. The van der Waals surface area contributed by atoms with Crippen molar-refractivity contribution < 1.29 is 4.74 Å². The number of halogens is 1. The second-order valence-corrected chi connectivity index (χ2v) is 6.11. The summed E-state index contributed by atoms with van der Waals surface area (Å²) in [4.78, 5) is 0. The molecule has 2 aromatic carbocycles. The first-order chi connectivity index (χ1) is 8.97. The number of hydrogen-bond donors (Lipinski definition) is 0. The highest BCUT2D eigenvalue weighted by molar-refractivity contribution is 6.21. The van der Waals surface area contributed by atoms with Gasteiger partial charge in [0.05, 0.1) is 12.5 Å². The number of methoxy groups -OCH3 is 1. The van der Waals surface area contributed by atoms with Crippen LogP contribution in [0.5, 0.6) is 5.75 Å². The van der Waals surface area contributed by atoms with Crippen LogP contribution in [0.15, 0.2) is 36.4 Å². The molecule has 0 fully saturated rings. The fraction of sp³-hybridized carbons (Fsp3) is 0.412. The van der Waals surface area contributed by atoms with E-state index in [1.54, 1.807) is 7.11 Å². The summed E-state index contributed by atoms with van der Waals surface area (Å²) in [5.74, 6) is 0.886. The third-order valence-electron chi connectivity index (χ3n) is 3.96. The van der Waals surface area contributed by atoms with Gasteiger partial charge in [0.1, 0.15) is 5.75 Å². The van der Waals surface area contributed by atoms with Crippen LogP contribution >= 0.6 is 11.6 Å². The lowest BCUT2D eigenvalue weighted by molar-refractivity contribution is 0.336. The molecule has 1 unspecified atom stereocenters. The van der Waals surface area contributed by atoms with E-state index in [1.807, 2.05) is 12.1 Å². The van der Waals surface area contributed by atoms with Crippen LogP contribution in [0, 0.1) is 5.41 Å². The molecule has 0 radical (unpaired) electrons. The van der Waals surface area contributed by atoms with E-state index in [0.717, 1.165) is 12.2 Å². The van der Waals surface area contributed by atoms with E-state index in [2.05, 4.69) is 45.0 Å². The van der Waals surface area contributed by atoms with Crippen molar-refractivity contribution in [2.75, 3.05) is 7.11 Å². The standard InChI is InChI=1S/C17H21ClO/c1-5-17(2,3)16(18)14-7-6-13-11-15(19-4)9-8-12(13)10-14/h6-11,16H,5H2,1-4H3. The number of fused-ring (bicyclic) bond motifs is 1. The van der Waals surface area contributed by atoms with Gasteiger partial charge < -0.3 is 4.74 Å². The van der Waals surface area contributed by atoms with Crippen LogP contribution in [0.3, 0.4) is 0 Å². The minimum Gasteiger partial charge on any atom is -0.497 e. The van der Waals surface area contributed by atoms with Gasteiger partial charge in [-0.15, -0.1) is 11.6 Å². The molecule has 2 rings (SSSR count). The van der Waals surface area contributed by atoms with Crippen LogP contribution in [0.2, 0.25) is 0 Å². The first-order valence-electron chi connectivity index (χ1n) is 6.69. The molecule has 19 heavy (non-hydrogen) atoms. The highest BCUT2D eigenvalue weighted by atomic mass is 35.5. The van der Waals surface area contributed by atoms with Gasteiger partial charge in [0.2, 0.25) is 0 Å². The Morgan fingerprint density at radius 2 is 1.74 bits per heavy atom. The molecule has 2 aromatic rings. The molecule has 0 aliphatic carbocycles. The Hall–Kier alpha value is -1.21. The molecule has 0 bridgehead atoms. The zero-order valence-electron chi connectivity index (χ0n) is 12.0. The Bertz CT molecular complexity index is 574. The topological polar surface area (TPSA) is 9.23 Å². The van der Waals surface area contributed by atoms with Crippen LogP contribution in [-0.2, 0) is 0 Å². The monoisotopic (exact) mass is 276 g/mol. The van der Waals surface area contributed by atoms with Crippen LogP contribution in [0.4, 0.5) is 0 Å². The lowest BCUT2D eigenvalue weighted by Crippen LogP contribution is -2.16. The highest BCUT2D eigenvalue weighted by Gasteiger charge is 2.27. The Morgan fingerprint density at radius 1 is 1.11 bits per heavy atom. The summed E-state index contributed by atoms with van der Waals surface area (Å²) in [7, 11) is 1.69. The molecule has 1 nitrogen and oxygen atoms in total. The van der Waals surface area contributed by atoms with Crippen LogP contribution in [0.25, 0.3) is 10.8 Å². The van der Waals surface area contributed by atoms with Crippen molar-refractivity contribution >= 4 is 22.4 Å². The smallest absolute Gasteiger partial charge is 0.119 e. The summed E-state index contributed by atoms with van der Waals surface area (Å²) >= 11 is 6.63. The van der Waals surface area contributed by atoms with Gasteiger partial charge in [-0.05, 0) is 46.4 Å². The molecule has 0 heterocycles. The van der Waals surface area contributed by atoms with Crippen molar-refractivity contribution in [1.82, 2.24) is 0 Å². The fourth-order valence-corrected chi connectivity index (χ4v) is 2.45. The van der Waals surface area contributed by atoms with Gasteiger partial charge in [-0.2, -0.15) is 0 Å². The Balaban J connectivity index is 2.42. The predicted octanol–water partition coefficient (Wildman–Crippen LogP) is 5.56. The van der Waals surface area contributed by atoms with Gasteiger partial charge in [-0.3, -0.25) is 0 Å². The number of hydrogen-bond acceptors (Lipinski definition) is 1. The Kier molecular flexibility index (Phi) is 4.05. The molecular formula is C17H21ClO. The number of benzene rings is 2. The quantitative estimate of drug-likeness (QED) is 0.664. The first-order valence-corrected chi connectivity index (χ1v) is 7.13. The van der Waals surface area contributed by atoms with Gasteiger partial charge in [0, 0.05) is 0 Å². The molecule has 0 aromatic heterocycles. The normalized spacial score (nSPS) is 13.5. The Labute approximate surface area is 120 Å². The van der Waals surface area contributed by atoms with Gasteiger partial charge in [0.25, 0.3) is 0 Å². The van der Waals surface area contributed by atoms with Crippen molar-refractivity contribution in [3.63, 3.8) is 0 Å². The second kappa shape index (κ2) is 5.42. The molecule has 102 valence electrons. The minimum atomic E-state index is 0.0315. The van der Waals surface area contributed by atoms with Crippen molar-refractivity contribution in [3.05, 3.63) is 42.0 Å².